The summed E-state index contributed by atoms with van der Waals surface area (Å²) in [6, 6.07) is 19.5. The zero-order valence-corrected chi connectivity index (χ0v) is 11.5. The maximum atomic E-state index is 12.1. The molecule has 21 heavy (non-hydrogen) atoms. The predicted molar refractivity (Wildman–Crippen MR) is 79.4 cm³/mol. The first-order valence-electron chi connectivity index (χ1n) is 6.91. The molecule has 0 radical (unpaired) electrons. The summed E-state index contributed by atoms with van der Waals surface area (Å²) >= 11 is 0. The second-order valence-electron chi connectivity index (χ2n) is 4.89. The lowest BCUT2D eigenvalue weighted by atomic mass is 9.99. The summed E-state index contributed by atoms with van der Waals surface area (Å²) in [5.74, 6) is -0.0639. The maximum absolute atomic E-state index is 12.1. The molecule has 0 spiro atoms. The number of hydrogen-bond donors (Lipinski definition) is 0. The second kappa shape index (κ2) is 6.37. The molecule has 2 aromatic carbocycles. The maximum Gasteiger partial charge on any atom is 0.191 e. The number of ketones is 1. The minimum atomic E-state index is -0.613. The Labute approximate surface area is 123 Å². The monoisotopic (exact) mass is 280 g/mol. The molecule has 0 bridgehead atoms. The number of benzene rings is 2. The van der Waals surface area contributed by atoms with Crippen molar-refractivity contribution >= 4 is 5.78 Å². The Morgan fingerprint density at radius 1 is 0.952 bits per heavy atom. The minimum Gasteiger partial charge on any atom is -0.490 e. The van der Waals surface area contributed by atoms with Gasteiger partial charge in [-0.15, -0.1) is 0 Å². The molecule has 3 heteroatoms. The topological polar surface area (TPSA) is 35.5 Å². The van der Waals surface area contributed by atoms with E-state index in [0.29, 0.717) is 6.61 Å². The molecule has 2 atom stereocenters. The normalized spacial score (nSPS) is 21.0. The van der Waals surface area contributed by atoms with Crippen LogP contribution in [-0.2, 0) is 20.9 Å². The van der Waals surface area contributed by atoms with Gasteiger partial charge in [0.1, 0.15) is 0 Å². The van der Waals surface area contributed by atoms with E-state index in [1.807, 2.05) is 60.7 Å². The zero-order chi connectivity index (χ0) is 14.5. The summed E-state index contributed by atoms with van der Waals surface area (Å²) in [6.45, 7) is 0.387. The SMILES string of the molecule is O=C1C=CO[C@@H](c2ccccc2)[C@H]1OCc1ccccc1. The molecule has 3 nitrogen and oxygen atoms in total. The van der Waals surface area contributed by atoms with Crippen molar-refractivity contribution < 1.29 is 14.3 Å². The highest BCUT2D eigenvalue weighted by atomic mass is 16.5. The van der Waals surface area contributed by atoms with Crippen LogP contribution in [0.5, 0.6) is 0 Å². The third kappa shape index (κ3) is 3.20. The van der Waals surface area contributed by atoms with Crippen LogP contribution in [0.4, 0.5) is 0 Å². The van der Waals surface area contributed by atoms with Crippen LogP contribution in [-0.4, -0.2) is 11.9 Å². The molecule has 1 aliphatic heterocycles. The lowest BCUT2D eigenvalue weighted by Crippen LogP contribution is -2.33. The fraction of sp³-hybridized carbons (Fsp3) is 0.167. The van der Waals surface area contributed by atoms with Crippen molar-refractivity contribution in [2.75, 3.05) is 0 Å². The van der Waals surface area contributed by atoms with Gasteiger partial charge in [0.2, 0.25) is 0 Å². The Hall–Kier alpha value is -2.39. The minimum absolute atomic E-state index is 0.0639. The highest BCUT2D eigenvalue weighted by Gasteiger charge is 2.32. The van der Waals surface area contributed by atoms with Gasteiger partial charge in [-0.05, 0) is 11.1 Å². The summed E-state index contributed by atoms with van der Waals surface area (Å²) in [6.07, 6.45) is 1.86. The van der Waals surface area contributed by atoms with Gasteiger partial charge in [-0.25, -0.2) is 0 Å². The van der Waals surface area contributed by atoms with Crippen molar-refractivity contribution in [1.82, 2.24) is 0 Å². The highest BCUT2D eigenvalue weighted by molar-refractivity contribution is 5.94. The molecule has 1 aliphatic rings. The smallest absolute Gasteiger partial charge is 0.191 e. The van der Waals surface area contributed by atoms with E-state index in [1.165, 1.54) is 12.3 Å². The van der Waals surface area contributed by atoms with Crippen molar-refractivity contribution in [2.45, 2.75) is 18.8 Å². The van der Waals surface area contributed by atoms with Crippen LogP contribution >= 0.6 is 0 Å². The molecule has 2 aromatic rings. The van der Waals surface area contributed by atoms with Crippen LogP contribution in [0.15, 0.2) is 73.0 Å². The summed E-state index contributed by atoms with van der Waals surface area (Å²) < 4.78 is 11.4. The van der Waals surface area contributed by atoms with E-state index in [9.17, 15) is 4.79 Å². The lowest BCUT2D eigenvalue weighted by molar-refractivity contribution is -0.139. The molecule has 0 unspecified atom stereocenters. The van der Waals surface area contributed by atoms with Crippen LogP contribution in [0.2, 0.25) is 0 Å². The van der Waals surface area contributed by atoms with Gasteiger partial charge in [0.25, 0.3) is 0 Å². The largest absolute Gasteiger partial charge is 0.490 e. The molecule has 0 fully saturated rings. The second-order valence-corrected chi connectivity index (χ2v) is 4.89. The van der Waals surface area contributed by atoms with Gasteiger partial charge < -0.3 is 9.47 Å². The Bertz CT molecular complexity index is 619. The van der Waals surface area contributed by atoms with Crippen LogP contribution in [0.25, 0.3) is 0 Å². The van der Waals surface area contributed by atoms with Gasteiger partial charge in [0.15, 0.2) is 18.0 Å². The van der Waals surface area contributed by atoms with Gasteiger partial charge in [0.05, 0.1) is 12.9 Å². The number of rotatable bonds is 4. The Kier molecular flexibility index (Phi) is 4.12. The quantitative estimate of drug-likeness (QED) is 0.860. The molecular formula is C18H16O3. The van der Waals surface area contributed by atoms with E-state index in [2.05, 4.69) is 0 Å². The first kappa shape index (κ1) is 13.6. The van der Waals surface area contributed by atoms with Gasteiger partial charge in [-0.2, -0.15) is 0 Å². The number of carbonyl (C=O) groups excluding carboxylic acids is 1. The first-order valence-corrected chi connectivity index (χ1v) is 6.91. The van der Waals surface area contributed by atoms with Crippen LogP contribution < -0.4 is 0 Å². The number of hydrogen-bond acceptors (Lipinski definition) is 3. The molecule has 0 aromatic heterocycles. The molecule has 106 valence electrons. The zero-order valence-electron chi connectivity index (χ0n) is 11.5. The summed E-state index contributed by atoms with van der Waals surface area (Å²) in [4.78, 5) is 12.1. The molecule has 0 amide bonds. The van der Waals surface area contributed by atoms with Gasteiger partial charge in [0, 0.05) is 6.08 Å². The summed E-state index contributed by atoms with van der Waals surface area (Å²) in [5.41, 5.74) is 1.97. The van der Waals surface area contributed by atoms with Gasteiger partial charge >= 0.3 is 0 Å². The van der Waals surface area contributed by atoms with Crippen LogP contribution in [0.3, 0.4) is 0 Å². The molecular weight excluding hydrogens is 264 g/mol. The van der Waals surface area contributed by atoms with E-state index in [0.717, 1.165) is 11.1 Å². The van der Waals surface area contributed by atoms with E-state index in [1.54, 1.807) is 0 Å². The third-order valence-electron chi connectivity index (χ3n) is 3.41. The van der Waals surface area contributed by atoms with Crippen molar-refractivity contribution in [3.05, 3.63) is 84.1 Å². The molecule has 0 aliphatic carbocycles. The average molecular weight is 280 g/mol. The van der Waals surface area contributed by atoms with Gasteiger partial charge in [-0.3, -0.25) is 4.79 Å². The standard InChI is InChI=1S/C18H16O3/c19-16-11-12-20-17(15-9-5-2-6-10-15)18(16)21-13-14-7-3-1-4-8-14/h1-12,17-18H,13H2/t17-,18-/m0/s1. The lowest BCUT2D eigenvalue weighted by Gasteiger charge is -2.28. The van der Waals surface area contributed by atoms with E-state index < -0.39 is 12.2 Å². The fourth-order valence-corrected chi connectivity index (χ4v) is 2.33. The van der Waals surface area contributed by atoms with Crippen molar-refractivity contribution in [1.29, 1.82) is 0 Å². The molecule has 0 N–H and O–H groups in total. The molecule has 3 rings (SSSR count). The number of carbonyl (C=O) groups is 1. The van der Waals surface area contributed by atoms with Gasteiger partial charge in [-0.1, -0.05) is 60.7 Å². The Balaban J connectivity index is 1.76. The average Bonchev–Trinajstić information content (AvgIpc) is 2.55. The summed E-state index contributed by atoms with van der Waals surface area (Å²) in [5, 5.41) is 0. The summed E-state index contributed by atoms with van der Waals surface area (Å²) in [7, 11) is 0. The first-order chi connectivity index (χ1) is 10.3. The molecule has 0 saturated carbocycles. The molecule has 1 heterocycles. The van der Waals surface area contributed by atoms with Crippen molar-refractivity contribution in [3.8, 4) is 0 Å². The van der Waals surface area contributed by atoms with Crippen LogP contribution in [0, 0.1) is 0 Å². The van der Waals surface area contributed by atoms with Crippen LogP contribution in [0.1, 0.15) is 17.2 Å². The molecule has 0 saturated heterocycles. The predicted octanol–water partition coefficient (Wildman–Crippen LogP) is 3.43. The number of ether oxygens (including phenoxy) is 2. The van der Waals surface area contributed by atoms with Crippen molar-refractivity contribution in [3.63, 3.8) is 0 Å². The van der Waals surface area contributed by atoms with E-state index in [4.69, 9.17) is 9.47 Å². The van der Waals surface area contributed by atoms with Crippen molar-refractivity contribution in [2.24, 2.45) is 0 Å². The van der Waals surface area contributed by atoms with E-state index >= 15 is 0 Å². The van der Waals surface area contributed by atoms with E-state index in [-0.39, 0.29) is 5.78 Å². The Morgan fingerprint density at radius 3 is 2.33 bits per heavy atom. The Morgan fingerprint density at radius 2 is 1.62 bits per heavy atom. The fourth-order valence-electron chi connectivity index (χ4n) is 2.33. The third-order valence-corrected chi connectivity index (χ3v) is 3.41. The highest BCUT2D eigenvalue weighted by Crippen LogP contribution is 2.28.